The molecule has 0 radical (unpaired) electrons. The van der Waals surface area contributed by atoms with Gasteiger partial charge in [-0.2, -0.15) is 0 Å². The molecular weight excluding hydrogens is 280 g/mol. The molecule has 0 saturated carbocycles. The molecule has 2 aromatic rings. The highest BCUT2D eigenvalue weighted by molar-refractivity contribution is 8.01. The van der Waals surface area contributed by atoms with Crippen LogP contribution < -0.4 is 5.32 Å². The molecule has 1 N–H and O–H groups in total. The van der Waals surface area contributed by atoms with Gasteiger partial charge in [-0.3, -0.25) is 10.1 Å². The second kappa shape index (κ2) is 6.58. The van der Waals surface area contributed by atoms with Crippen LogP contribution in [0.4, 0.5) is 11.4 Å². The van der Waals surface area contributed by atoms with E-state index < -0.39 is 0 Å². The summed E-state index contributed by atoms with van der Waals surface area (Å²) in [5, 5.41) is 16.1. The maximum absolute atomic E-state index is 11.0. The molecule has 0 saturated heterocycles. The van der Waals surface area contributed by atoms with Crippen LogP contribution in [0.3, 0.4) is 0 Å². The van der Waals surface area contributed by atoms with Crippen molar-refractivity contribution in [2.24, 2.45) is 0 Å². The molecule has 0 bridgehead atoms. The van der Waals surface area contributed by atoms with Crippen molar-refractivity contribution in [2.45, 2.75) is 22.4 Å². The second-order valence-corrected chi connectivity index (χ2v) is 6.26. The van der Waals surface area contributed by atoms with Gasteiger partial charge < -0.3 is 5.32 Å². The lowest BCUT2D eigenvalue weighted by Gasteiger charge is -2.07. The van der Waals surface area contributed by atoms with Gasteiger partial charge in [0.2, 0.25) is 0 Å². The van der Waals surface area contributed by atoms with Crippen LogP contribution in [-0.4, -0.2) is 11.5 Å². The highest BCUT2D eigenvalue weighted by atomic mass is 32.2. The van der Waals surface area contributed by atoms with Gasteiger partial charge in [-0.05, 0) is 23.9 Å². The molecule has 4 nitrogen and oxygen atoms in total. The van der Waals surface area contributed by atoms with Gasteiger partial charge in [0.05, 0.1) is 9.13 Å². The molecule has 0 aliphatic heterocycles. The van der Waals surface area contributed by atoms with Gasteiger partial charge in [-0.15, -0.1) is 11.3 Å². The minimum atomic E-state index is -0.352. The third kappa shape index (κ3) is 3.97. The van der Waals surface area contributed by atoms with Crippen LogP contribution in [-0.2, 0) is 0 Å². The maximum atomic E-state index is 11.0. The Balaban J connectivity index is 2.25. The lowest BCUT2D eigenvalue weighted by molar-refractivity contribution is -0.385. The topological polar surface area (TPSA) is 55.2 Å². The Bertz CT molecular complexity index is 556. The summed E-state index contributed by atoms with van der Waals surface area (Å²) in [5.41, 5.74) is 0.926. The van der Waals surface area contributed by atoms with Gasteiger partial charge >= 0.3 is 0 Å². The van der Waals surface area contributed by atoms with Crippen molar-refractivity contribution >= 4 is 34.5 Å². The van der Waals surface area contributed by atoms with Crippen LogP contribution >= 0.6 is 23.1 Å². The molecule has 1 aromatic carbocycles. The van der Waals surface area contributed by atoms with E-state index in [9.17, 15) is 10.1 Å². The molecule has 2 rings (SSSR count). The van der Waals surface area contributed by atoms with Crippen LogP contribution in [0.15, 0.2) is 44.8 Å². The van der Waals surface area contributed by atoms with Gasteiger partial charge in [0, 0.05) is 29.3 Å². The molecule has 0 aliphatic rings. The van der Waals surface area contributed by atoms with Crippen molar-refractivity contribution < 1.29 is 4.92 Å². The zero-order chi connectivity index (χ0) is 13.7. The zero-order valence-corrected chi connectivity index (χ0v) is 12.1. The van der Waals surface area contributed by atoms with Crippen LogP contribution in [0, 0.1) is 10.1 Å². The number of rotatable bonds is 6. The molecule has 1 heterocycles. The van der Waals surface area contributed by atoms with Crippen LogP contribution in [0.1, 0.15) is 13.3 Å². The highest BCUT2D eigenvalue weighted by Gasteiger charge is 2.10. The predicted octanol–water partition coefficient (Wildman–Crippen LogP) is 4.63. The average molecular weight is 294 g/mol. The molecule has 19 heavy (non-hydrogen) atoms. The van der Waals surface area contributed by atoms with Crippen LogP contribution in [0.5, 0.6) is 0 Å². The zero-order valence-electron chi connectivity index (χ0n) is 10.5. The van der Waals surface area contributed by atoms with Crippen molar-refractivity contribution in [3.63, 3.8) is 0 Å². The Kier molecular flexibility index (Phi) is 4.81. The van der Waals surface area contributed by atoms with E-state index in [4.69, 9.17) is 0 Å². The lowest BCUT2D eigenvalue weighted by atomic mass is 10.2. The Hall–Kier alpha value is -1.53. The third-order valence-corrected chi connectivity index (χ3v) is 4.40. The molecule has 0 amide bonds. The van der Waals surface area contributed by atoms with Gasteiger partial charge in [-0.25, -0.2) is 0 Å². The summed E-state index contributed by atoms with van der Waals surface area (Å²) in [4.78, 5) is 11.5. The van der Waals surface area contributed by atoms with Gasteiger partial charge in [0.25, 0.3) is 5.69 Å². The van der Waals surface area contributed by atoms with E-state index in [1.54, 1.807) is 35.2 Å². The number of nitrogens with zero attached hydrogens (tertiary/aromatic N) is 1. The summed E-state index contributed by atoms with van der Waals surface area (Å²) in [6, 6.07) is 9.12. The quantitative estimate of drug-likeness (QED) is 0.623. The largest absolute Gasteiger partial charge is 0.385 e. The first-order valence-electron chi connectivity index (χ1n) is 5.93. The van der Waals surface area contributed by atoms with Crippen LogP contribution in [0.25, 0.3) is 0 Å². The summed E-state index contributed by atoms with van der Waals surface area (Å²) in [6.45, 7) is 2.87. The molecule has 1 aromatic heterocycles. The number of hydrogen-bond donors (Lipinski definition) is 1. The van der Waals surface area contributed by atoms with E-state index >= 15 is 0 Å². The van der Waals surface area contributed by atoms with Crippen molar-refractivity contribution in [2.75, 3.05) is 11.9 Å². The Morgan fingerprint density at radius 2 is 2.26 bits per heavy atom. The summed E-state index contributed by atoms with van der Waals surface area (Å²) in [6.07, 6.45) is 0.982. The van der Waals surface area contributed by atoms with E-state index in [0.29, 0.717) is 0 Å². The van der Waals surface area contributed by atoms with Crippen molar-refractivity contribution in [3.05, 3.63) is 45.8 Å². The van der Waals surface area contributed by atoms with Gasteiger partial charge in [0.1, 0.15) is 0 Å². The fraction of sp³-hybridized carbons (Fsp3) is 0.231. The van der Waals surface area contributed by atoms with Gasteiger partial charge in [0.15, 0.2) is 0 Å². The molecule has 0 atom stereocenters. The first kappa shape index (κ1) is 13.9. The minimum absolute atomic E-state index is 0.125. The Labute approximate surface area is 120 Å². The first-order chi connectivity index (χ1) is 9.19. The summed E-state index contributed by atoms with van der Waals surface area (Å²) in [5.74, 6) is 0. The fourth-order valence-corrected chi connectivity index (χ4v) is 3.40. The predicted molar refractivity (Wildman–Crippen MR) is 80.3 cm³/mol. The maximum Gasteiger partial charge on any atom is 0.272 e. The molecule has 0 unspecified atom stereocenters. The number of nitrogens with one attached hydrogen (secondary N) is 1. The monoisotopic (exact) mass is 294 g/mol. The van der Waals surface area contributed by atoms with E-state index in [1.807, 2.05) is 23.6 Å². The number of anilines is 1. The average Bonchev–Trinajstić information content (AvgIpc) is 2.89. The third-order valence-electron chi connectivity index (χ3n) is 2.39. The first-order valence-corrected chi connectivity index (χ1v) is 7.63. The SMILES string of the molecule is CCCNc1cc(Sc2cccs2)cc([N+](=O)[O-])c1. The molecular formula is C13H14N2O2S2. The van der Waals surface area contributed by atoms with Gasteiger partial charge in [-0.1, -0.05) is 24.8 Å². The van der Waals surface area contributed by atoms with E-state index in [2.05, 4.69) is 12.2 Å². The van der Waals surface area contributed by atoms with E-state index in [1.165, 1.54) is 0 Å². The number of hydrogen-bond acceptors (Lipinski definition) is 5. The minimum Gasteiger partial charge on any atom is -0.385 e. The summed E-state index contributed by atoms with van der Waals surface area (Å²) >= 11 is 3.18. The Morgan fingerprint density at radius 3 is 2.89 bits per heavy atom. The molecule has 100 valence electrons. The molecule has 6 heteroatoms. The summed E-state index contributed by atoms with van der Waals surface area (Å²) in [7, 11) is 0. The number of non-ortho nitro benzene ring substituents is 1. The van der Waals surface area contributed by atoms with Crippen molar-refractivity contribution in [1.29, 1.82) is 0 Å². The van der Waals surface area contributed by atoms with Crippen molar-refractivity contribution in [3.8, 4) is 0 Å². The second-order valence-electron chi connectivity index (χ2n) is 3.93. The normalized spacial score (nSPS) is 10.4. The Morgan fingerprint density at radius 1 is 1.42 bits per heavy atom. The smallest absolute Gasteiger partial charge is 0.272 e. The summed E-state index contributed by atoms with van der Waals surface area (Å²) < 4.78 is 1.13. The lowest BCUT2D eigenvalue weighted by Crippen LogP contribution is -2.00. The van der Waals surface area contributed by atoms with E-state index in [0.717, 1.165) is 27.8 Å². The molecule has 0 spiro atoms. The standard InChI is InChI=1S/C13H14N2O2S2/c1-2-5-14-10-7-11(15(16)17)9-12(8-10)19-13-4-3-6-18-13/h3-4,6-9,14H,2,5H2,1H3. The van der Waals surface area contributed by atoms with Crippen molar-refractivity contribution in [1.82, 2.24) is 0 Å². The highest BCUT2D eigenvalue weighted by Crippen LogP contribution is 2.35. The number of benzene rings is 1. The molecule has 0 fully saturated rings. The fourth-order valence-electron chi connectivity index (χ4n) is 1.56. The number of thiophene rings is 1. The molecule has 0 aliphatic carbocycles. The number of nitro benzene ring substituents is 1. The van der Waals surface area contributed by atoms with Crippen LogP contribution in [0.2, 0.25) is 0 Å². The van der Waals surface area contributed by atoms with E-state index in [-0.39, 0.29) is 10.6 Å². The number of nitro groups is 1.